The first-order chi connectivity index (χ1) is 13.7. The summed E-state index contributed by atoms with van der Waals surface area (Å²) in [7, 11) is 0. The molecule has 0 aliphatic carbocycles. The van der Waals surface area contributed by atoms with Gasteiger partial charge in [-0.15, -0.1) is 0 Å². The van der Waals surface area contributed by atoms with Gasteiger partial charge in [-0.2, -0.15) is 4.39 Å². The lowest BCUT2D eigenvalue weighted by Crippen LogP contribution is -2.11. The summed E-state index contributed by atoms with van der Waals surface area (Å²) in [5, 5.41) is 0. The summed E-state index contributed by atoms with van der Waals surface area (Å²) in [5.41, 5.74) is 0.590. The van der Waals surface area contributed by atoms with Gasteiger partial charge in [0.1, 0.15) is 11.6 Å². The second kappa shape index (κ2) is 12.2. The highest BCUT2D eigenvalue weighted by molar-refractivity contribution is 5.51. The molecule has 2 unspecified atom stereocenters. The summed E-state index contributed by atoms with van der Waals surface area (Å²) in [6.45, 7) is 14.9. The molecular weight excluding hydrogens is 377 g/mol. The van der Waals surface area contributed by atoms with Crippen LogP contribution in [-0.4, -0.2) is 13.2 Å². The van der Waals surface area contributed by atoms with E-state index in [1.54, 1.807) is 38.1 Å². The van der Waals surface area contributed by atoms with Crippen molar-refractivity contribution in [2.75, 3.05) is 13.2 Å². The lowest BCUT2D eigenvalue weighted by atomic mass is 9.92. The van der Waals surface area contributed by atoms with Crippen molar-refractivity contribution in [1.82, 2.24) is 0 Å². The van der Waals surface area contributed by atoms with Crippen molar-refractivity contribution in [2.45, 2.75) is 40.5 Å². The predicted octanol–water partition coefficient (Wildman–Crippen LogP) is 7.55. The van der Waals surface area contributed by atoms with E-state index in [0.717, 1.165) is 6.42 Å². The Morgan fingerprint density at radius 3 is 2.41 bits per heavy atom. The van der Waals surface area contributed by atoms with Gasteiger partial charge >= 0.3 is 0 Å². The van der Waals surface area contributed by atoms with Crippen LogP contribution in [0.5, 0.6) is 5.75 Å². The molecule has 29 heavy (non-hydrogen) atoms. The summed E-state index contributed by atoms with van der Waals surface area (Å²) in [5.74, 6) is -2.43. The van der Waals surface area contributed by atoms with Crippen molar-refractivity contribution in [3.05, 3.63) is 71.8 Å². The van der Waals surface area contributed by atoms with Crippen LogP contribution < -0.4 is 4.74 Å². The van der Waals surface area contributed by atoms with E-state index in [1.807, 2.05) is 13.8 Å². The maximum atomic E-state index is 14.2. The molecule has 0 aromatic heterocycles. The van der Waals surface area contributed by atoms with Gasteiger partial charge in [0.2, 0.25) is 0 Å². The van der Waals surface area contributed by atoms with Crippen LogP contribution in [0.25, 0.3) is 6.08 Å². The molecule has 0 aliphatic rings. The first-order valence-corrected chi connectivity index (χ1v) is 9.82. The van der Waals surface area contributed by atoms with Gasteiger partial charge in [0.25, 0.3) is 0 Å². The van der Waals surface area contributed by atoms with Crippen LogP contribution in [0.15, 0.2) is 60.4 Å². The molecule has 0 saturated heterocycles. The minimum Gasteiger partial charge on any atom is -0.493 e. The number of benzene rings is 1. The Morgan fingerprint density at radius 2 is 1.83 bits per heavy atom. The smallest absolute Gasteiger partial charge is 0.200 e. The van der Waals surface area contributed by atoms with Crippen molar-refractivity contribution < 1.29 is 22.6 Å². The highest BCUT2D eigenvalue weighted by Crippen LogP contribution is 2.30. The van der Waals surface area contributed by atoms with Crippen LogP contribution >= 0.6 is 0 Å². The fraction of sp³-hybridized carbons (Fsp3) is 0.417. The Labute approximate surface area is 172 Å². The van der Waals surface area contributed by atoms with Gasteiger partial charge in [-0.25, -0.2) is 8.78 Å². The fourth-order valence-electron chi connectivity index (χ4n) is 2.66. The third-order valence-corrected chi connectivity index (χ3v) is 4.58. The quantitative estimate of drug-likeness (QED) is 0.263. The van der Waals surface area contributed by atoms with Crippen molar-refractivity contribution in [3.8, 4) is 5.75 Å². The summed E-state index contributed by atoms with van der Waals surface area (Å²) >= 11 is 0. The van der Waals surface area contributed by atoms with Gasteiger partial charge in [-0.05, 0) is 56.2 Å². The molecule has 1 rings (SSSR count). The zero-order valence-electron chi connectivity index (χ0n) is 17.7. The molecule has 0 radical (unpaired) electrons. The van der Waals surface area contributed by atoms with E-state index in [1.165, 1.54) is 6.07 Å². The molecule has 160 valence electrons. The summed E-state index contributed by atoms with van der Waals surface area (Å²) in [4.78, 5) is 0. The zero-order valence-corrected chi connectivity index (χ0v) is 17.7. The van der Waals surface area contributed by atoms with E-state index in [2.05, 4.69) is 13.2 Å². The van der Waals surface area contributed by atoms with Crippen molar-refractivity contribution in [1.29, 1.82) is 0 Å². The van der Waals surface area contributed by atoms with Gasteiger partial charge < -0.3 is 9.47 Å². The number of allylic oxidation sites excluding steroid dienone is 4. The minimum absolute atomic E-state index is 0.0816. The molecule has 1 aromatic rings. The van der Waals surface area contributed by atoms with Crippen LogP contribution in [0.4, 0.5) is 13.2 Å². The van der Waals surface area contributed by atoms with Gasteiger partial charge in [0.05, 0.1) is 13.2 Å². The second-order valence-electron chi connectivity index (χ2n) is 7.09. The highest BCUT2D eigenvalue weighted by atomic mass is 19.2. The van der Waals surface area contributed by atoms with Crippen LogP contribution in [0.1, 0.15) is 46.1 Å². The van der Waals surface area contributed by atoms with Crippen LogP contribution in [0.3, 0.4) is 0 Å². The molecule has 0 saturated carbocycles. The van der Waals surface area contributed by atoms with Gasteiger partial charge in [0, 0.05) is 11.6 Å². The zero-order chi connectivity index (χ0) is 22.0. The van der Waals surface area contributed by atoms with Crippen molar-refractivity contribution in [3.63, 3.8) is 0 Å². The normalized spacial score (nSPS) is 14.3. The molecule has 2 nitrogen and oxygen atoms in total. The predicted molar refractivity (Wildman–Crippen MR) is 113 cm³/mol. The number of halogens is 3. The molecule has 0 amide bonds. The van der Waals surface area contributed by atoms with E-state index in [0.29, 0.717) is 24.3 Å². The minimum atomic E-state index is -1.11. The van der Waals surface area contributed by atoms with E-state index < -0.39 is 11.7 Å². The number of hydrogen-bond acceptors (Lipinski definition) is 2. The molecule has 1 aromatic carbocycles. The fourth-order valence-corrected chi connectivity index (χ4v) is 2.66. The van der Waals surface area contributed by atoms with Crippen molar-refractivity contribution >= 4 is 6.08 Å². The molecule has 0 N–H and O–H groups in total. The third-order valence-electron chi connectivity index (χ3n) is 4.58. The highest BCUT2D eigenvalue weighted by Gasteiger charge is 2.19. The van der Waals surface area contributed by atoms with E-state index in [9.17, 15) is 13.2 Å². The number of hydrogen-bond donors (Lipinski definition) is 0. The average Bonchev–Trinajstić information content (AvgIpc) is 2.70. The SMILES string of the molecule is C=C(OCC)/C(F)=C(/F)C(=C)C(C)CCC(C)COc1ccc(/C=C/C)c(F)c1. The van der Waals surface area contributed by atoms with Crippen LogP contribution in [-0.2, 0) is 4.74 Å². The van der Waals surface area contributed by atoms with E-state index in [4.69, 9.17) is 9.47 Å². The first kappa shape index (κ1) is 24.6. The van der Waals surface area contributed by atoms with E-state index >= 15 is 0 Å². The van der Waals surface area contributed by atoms with Crippen LogP contribution in [0.2, 0.25) is 0 Å². The standard InChI is InChI=1S/C24H31F3O2/c1-7-9-20-12-13-21(14-22(20)25)29-15-16(3)10-11-17(4)18(5)23(26)24(27)19(6)28-8-2/h7,9,12-14,16-17H,5-6,8,10-11,15H2,1-4H3/b9-7+,24-23-. The topological polar surface area (TPSA) is 18.5 Å². The van der Waals surface area contributed by atoms with Crippen LogP contribution in [0, 0.1) is 17.7 Å². The maximum Gasteiger partial charge on any atom is 0.200 e. The molecule has 5 heteroatoms. The summed E-state index contributed by atoms with van der Waals surface area (Å²) in [6.07, 6.45) is 4.79. The third kappa shape index (κ3) is 7.84. The Morgan fingerprint density at radius 1 is 1.14 bits per heavy atom. The Bertz CT molecular complexity index is 765. The monoisotopic (exact) mass is 408 g/mol. The Kier molecular flexibility index (Phi) is 10.4. The molecule has 0 heterocycles. The summed E-state index contributed by atoms with van der Waals surface area (Å²) < 4.78 is 52.7. The number of rotatable bonds is 12. The average molecular weight is 409 g/mol. The van der Waals surface area contributed by atoms with Gasteiger partial charge in [0.15, 0.2) is 17.4 Å². The number of ether oxygens (including phenoxy) is 2. The van der Waals surface area contributed by atoms with Gasteiger partial charge in [-0.3, -0.25) is 0 Å². The second-order valence-corrected chi connectivity index (χ2v) is 7.09. The molecule has 0 spiro atoms. The molecule has 0 fully saturated rings. The maximum absolute atomic E-state index is 14.2. The molecule has 0 aliphatic heterocycles. The first-order valence-electron chi connectivity index (χ1n) is 9.82. The lowest BCUT2D eigenvalue weighted by molar-refractivity contribution is 0.223. The molecule has 2 atom stereocenters. The van der Waals surface area contributed by atoms with Crippen molar-refractivity contribution in [2.24, 2.45) is 11.8 Å². The van der Waals surface area contributed by atoms with Gasteiger partial charge in [-0.1, -0.05) is 39.2 Å². The Hall–Kier alpha value is -2.43. The molecule has 0 bridgehead atoms. The molecular formula is C24H31F3O2. The lowest BCUT2D eigenvalue weighted by Gasteiger charge is -2.18. The largest absolute Gasteiger partial charge is 0.493 e. The summed E-state index contributed by atoms with van der Waals surface area (Å²) in [6, 6.07) is 4.76. The Balaban J connectivity index is 2.54. The van der Waals surface area contributed by atoms with E-state index in [-0.39, 0.29) is 35.6 Å².